The number of Topliss-reactive ketones (excluding diaryl/α,β-unsaturated/α-hetero) is 1. The molecule has 0 aromatic heterocycles. The molecule has 2 aliphatic heterocycles. The Balaban J connectivity index is 1.73. The summed E-state index contributed by atoms with van der Waals surface area (Å²) < 4.78 is 22.3. The predicted molar refractivity (Wildman–Crippen MR) is 130 cm³/mol. The molecule has 1 saturated heterocycles. The average molecular weight is 482 g/mol. The fraction of sp³-hybridized carbons (Fsp3) is 0.407. The summed E-state index contributed by atoms with van der Waals surface area (Å²) in [4.78, 5) is 27.6. The highest BCUT2D eigenvalue weighted by Crippen LogP contribution is 2.41. The number of hydrogen-bond acceptors (Lipinski definition) is 7. The van der Waals surface area contributed by atoms with Crippen LogP contribution in [0.25, 0.3) is 5.76 Å². The van der Waals surface area contributed by atoms with Crippen molar-refractivity contribution in [3.63, 3.8) is 0 Å². The Morgan fingerprint density at radius 1 is 1.06 bits per heavy atom. The van der Waals surface area contributed by atoms with Crippen LogP contribution in [-0.4, -0.2) is 61.8 Å². The van der Waals surface area contributed by atoms with Crippen LogP contribution in [0.2, 0.25) is 0 Å². The first-order valence-corrected chi connectivity index (χ1v) is 11.9. The van der Waals surface area contributed by atoms with Gasteiger partial charge < -0.3 is 29.0 Å². The number of ketones is 1. The first kappa shape index (κ1) is 24.6. The van der Waals surface area contributed by atoms with Crippen LogP contribution in [0.4, 0.5) is 0 Å². The zero-order valence-corrected chi connectivity index (χ0v) is 20.1. The third-order valence-electron chi connectivity index (χ3n) is 6.08. The van der Waals surface area contributed by atoms with E-state index in [1.54, 1.807) is 18.2 Å². The summed E-state index contributed by atoms with van der Waals surface area (Å²) in [5.41, 5.74) is 1.06. The number of aliphatic hydroxyl groups excluding tert-OH is 1. The number of fused-ring (bicyclic) bond motifs is 1. The number of aliphatic hydroxyl groups is 1. The minimum atomic E-state index is -0.780. The van der Waals surface area contributed by atoms with Gasteiger partial charge in [0.15, 0.2) is 11.5 Å². The predicted octanol–water partition coefficient (Wildman–Crippen LogP) is 4.09. The SMILES string of the molecule is CCCCCOc1cccc(C2C(=C(O)c3ccc4c(c3)OCCO4)C(=O)C(=O)N2CCOC)c1. The quantitative estimate of drug-likeness (QED) is 0.236. The molecule has 0 spiro atoms. The lowest BCUT2D eigenvalue weighted by Crippen LogP contribution is -2.32. The van der Waals surface area contributed by atoms with Crippen molar-refractivity contribution in [2.75, 3.05) is 40.1 Å². The number of likely N-dealkylation sites (tertiary alicyclic amines) is 1. The second-order valence-corrected chi connectivity index (χ2v) is 8.47. The van der Waals surface area contributed by atoms with Crippen LogP contribution >= 0.6 is 0 Å². The third kappa shape index (κ3) is 5.27. The van der Waals surface area contributed by atoms with E-state index in [-0.39, 0.29) is 24.5 Å². The van der Waals surface area contributed by atoms with E-state index < -0.39 is 17.7 Å². The zero-order chi connectivity index (χ0) is 24.8. The summed E-state index contributed by atoms with van der Waals surface area (Å²) in [5.74, 6) is 0.00805. The van der Waals surface area contributed by atoms with E-state index in [0.717, 1.165) is 19.3 Å². The molecule has 1 fully saturated rings. The molecule has 1 atom stereocenters. The number of methoxy groups -OCH3 is 1. The maximum absolute atomic E-state index is 13.2. The van der Waals surface area contributed by atoms with Gasteiger partial charge in [0.25, 0.3) is 11.7 Å². The number of carbonyl (C=O) groups is 2. The van der Waals surface area contributed by atoms with E-state index in [4.69, 9.17) is 18.9 Å². The number of carbonyl (C=O) groups excluding carboxylic acids is 2. The molecule has 0 bridgehead atoms. The normalized spacial score (nSPS) is 18.7. The lowest BCUT2D eigenvalue weighted by atomic mass is 9.95. The van der Waals surface area contributed by atoms with Crippen molar-refractivity contribution < 1.29 is 33.6 Å². The van der Waals surface area contributed by atoms with Gasteiger partial charge in [0.05, 0.1) is 24.8 Å². The molecule has 2 aromatic rings. The molecule has 0 radical (unpaired) electrons. The second kappa shape index (κ2) is 11.3. The Morgan fingerprint density at radius 3 is 2.63 bits per heavy atom. The van der Waals surface area contributed by atoms with Gasteiger partial charge in [-0.2, -0.15) is 0 Å². The van der Waals surface area contributed by atoms with Crippen LogP contribution in [0.5, 0.6) is 17.2 Å². The van der Waals surface area contributed by atoms with Crippen molar-refractivity contribution in [1.29, 1.82) is 0 Å². The van der Waals surface area contributed by atoms with Gasteiger partial charge in [0.2, 0.25) is 0 Å². The van der Waals surface area contributed by atoms with Crippen molar-refractivity contribution in [2.45, 2.75) is 32.2 Å². The molecule has 8 nitrogen and oxygen atoms in total. The molecule has 1 N–H and O–H groups in total. The number of nitrogens with zero attached hydrogens (tertiary/aromatic N) is 1. The van der Waals surface area contributed by atoms with E-state index in [1.807, 2.05) is 24.3 Å². The number of rotatable bonds is 10. The minimum absolute atomic E-state index is 0.0194. The maximum Gasteiger partial charge on any atom is 0.295 e. The summed E-state index contributed by atoms with van der Waals surface area (Å²) in [6.45, 7) is 4.00. The second-order valence-electron chi connectivity index (χ2n) is 8.47. The number of ether oxygens (including phenoxy) is 4. The van der Waals surface area contributed by atoms with Crippen LogP contribution in [0.1, 0.15) is 43.4 Å². The summed E-state index contributed by atoms with van der Waals surface area (Å²) in [6, 6.07) is 11.5. The topological polar surface area (TPSA) is 94.5 Å². The standard InChI is InChI=1S/C27H31NO7/c1-3-4-5-12-33-20-8-6-7-18(16-20)24-23(26(30)27(31)28(24)11-13-32-2)25(29)19-9-10-21-22(17-19)35-15-14-34-21/h6-10,16-17,24,29H,3-5,11-15H2,1-2H3. The highest BCUT2D eigenvalue weighted by atomic mass is 16.6. The van der Waals surface area contributed by atoms with Gasteiger partial charge in [-0.25, -0.2) is 0 Å². The van der Waals surface area contributed by atoms with Crippen LogP contribution < -0.4 is 14.2 Å². The first-order valence-electron chi connectivity index (χ1n) is 11.9. The molecule has 2 heterocycles. The summed E-state index contributed by atoms with van der Waals surface area (Å²) >= 11 is 0. The zero-order valence-electron chi connectivity index (χ0n) is 20.1. The van der Waals surface area contributed by atoms with Crippen LogP contribution in [-0.2, 0) is 14.3 Å². The van der Waals surface area contributed by atoms with Crippen molar-refractivity contribution in [3.05, 3.63) is 59.2 Å². The van der Waals surface area contributed by atoms with Crippen molar-refractivity contribution in [3.8, 4) is 17.2 Å². The largest absolute Gasteiger partial charge is 0.507 e. The highest BCUT2D eigenvalue weighted by Gasteiger charge is 2.46. The van der Waals surface area contributed by atoms with Gasteiger partial charge in [-0.15, -0.1) is 0 Å². The molecule has 2 aromatic carbocycles. The molecular formula is C27H31NO7. The van der Waals surface area contributed by atoms with Gasteiger partial charge >= 0.3 is 0 Å². The van der Waals surface area contributed by atoms with Crippen LogP contribution in [0.15, 0.2) is 48.0 Å². The molecule has 0 aliphatic carbocycles. The maximum atomic E-state index is 13.2. The molecule has 4 rings (SSSR count). The molecule has 8 heteroatoms. The lowest BCUT2D eigenvalue weighted by molar-refractivity contribution is -0.140. The smallest absolute Gasteiger partial charge is 0.295 e. The van der Waals surface area contributed by atoms with Crippen LogP contribution in [0.3, 0.4) is 0 Å². The van der Waals surface area contributed by atoms with E-state index in [2.05, 4.69) is 6.92 Å². The fourth-order valence-corrected chi connectivity index (χ4v) is 4.31. The Labute approximate surface area is 205 Å². The van der Waals surface area contributed by atoms with E-state index >= 15 is 0 Å². The van der Waals surface area contributed by atoms with E-state index in [0.29, 0.717) is 48.2 Å². The lowest BCUT2D eigenvalue weighted by Gasteiger charge is -2.25. The third-order valence-corrected chi connectivity index (χ3v) is 6.08. The fourth-order valence-electron chi connectivity index (χ4n) is 4.31. The Kier molecular flexibility index (Phi) is 7.92. The average Bonchev–Trinajstić information content (AvgIpc) is 3.14. The Bertz CT molecular complexity index is 1110. The number of unbranched alkanes of at least 4 members (excludes halogenated alkanes) is 2. The number of amides is 1. The molecule has 186 valence electrons. The van der Waals surface area contributed by atoms with Gasteiger partial charge in [-0.1, -0.05) is 31.9 Å². The van der Waals surface area contributed by atoms with Gasteiger partial charge in [-0.3, -0.25) is 9.59 Å². The Morgan fingerprint density at radius 2 is 1.86 bits per heavy atom. The molecular weight excluding hydrogens is 450 g/mol. The monoisotopic (exact) mass is 481 g/mol. The summed E-state index contributed by atoms with van der Waals surface area (Å²) in [7, 11) is 1.53. The summed E-state index contributed by atoms with van der Waals surface area (Å²) in [6.07, 6.45) is 3.11. The number of benzene rings is 2. The molecule has 35 heavy (non-hydrogen) atoms. The van der Waals surface area contributed by atoms with E-state index in [1.165, 1.54) is 12.0 Å². The van der Waals surface area contributed by atoms with Crippen LogP contribution in [0, 0.1) is 0 Å². The number of hydrogen-bond donors (Lipinski definition) is 1. The van der Waals surface area contributed by atoms with Crippen molar-refractivity contribution in [2.24, 2.45) is 0 Å². The highest BCUT2D eigenvalue weighted by molar-refractivity contribution is 6.46. The van der Waals surface area contributed by atoms with Crippen molar-refractivity contribution in [1.82, 2.24) is 4.90 Å². The molecule has 1 unspecified atom stereocenters. The molecule has 1 amide bonds. The Hall–Kier alpha value is -3.52. The molecule has 2 aliphatic rings. The van der Waals surface area contributed by atoms with Gasteiger partial charge in [0.1, 0.15) is 24.7 Å². The summed E-state index contributed by atoms with van der Waals surface area (Å²) in [5, 5.41) is 11.3. The molecule has 0 saturated carbocycles. The first-order chi connectivity index (χ1) is 17.0. The van der Waals surface area contributed by atoms with Crippen molar-refractivity contribution >= 4 is 17.4 Å². The van der Waals surface area contributed by atoms with Gasteiger partial charge in [-0.05, 0) is 42.3 Å². The van der Waals surface area contributed by atoms with E-state index in [9.17, 15) is 14.7 Å². The minimum Gasteiger partial charge on any atom is -0.507 e. The van der Waals surface area contributed by atoms with Gasteiger partial charge in [0, 0.05) is 19.2 Å².